The van der Waals surface area contributed by atoms with Crippen LogP contribution >= 0.6 is 11.6 Å². The highest BCUT2D eigenvalue weighted by Gasteiger charge is 2.41. The van der Waals surface area contributed by atoms with Crippen LogP contribution in [0.15, 0.2) is 30.5 Å². The van der Waals surface area contributed by atoms with Gasteiger partial charge >= 0.3 is 0 Å². The fourth-order valence-electron chi connectivity index (χ4n) is 2.82. The molecule has 1 saturated carbocycles. The highest BCUT2D eigenvalue weighted by atomic mass is 35.5. The van der Waals surface area contributed by atoms with Gasteiger partial charge in [-0.25, -0.2) is 4.39 Å². The summed E-state index contributed by atoms with van der Waals surface area (Å²) in [6.07, 6.45) is 1.93. The van der Waals surface area contributed by atoms with Crippen molar-refractivity contribution in [2.24, 2.45) is 11.5 Å². The molecule has 0 radical (unpaired) electrons. The summed E-state index contributed by atoms with van der Waals surface area (Å²) in [5, 5.41) is 8.03. The minimum atomic E-state index is -0.687. The number of rotatable bonds is 4. The summed E-state index contributed by atoms with van der Waals surface area (Å²) in [6, 6.07) is 6.91. The maximum atomic E-state index is 13.8. The lowest BCUT2D eigenvalue weighted by atomic mass is 10.0. The molecule has 5 nitrogen and oxygen atoms in total. The number of hydrogen-bond donors (Lipinski definition) is 2. The van der Waals surface area contributed by atoms with E-state index in [4.69, 9.17) is 23.1 Å². The number of benzene rings is 1. The highest BCUT2D eigenvalue weighted by Crippen LogP contribution is 2.56. The summed E-state index contributed by atoms with van der Waals surface area (Å²) in [7, 11) is 0. The smallest absolute Gasteiger partial charge is 0.252 e. The molecule has 2 aromatic rings. The molecular weight excluding hydrogens is 331 g/mol. The van der Waals surface area contributed by atoms with Crippen LogP contribution in [0.1, 0.15) is 40.6 Å². The number of nitrogens with zero attached hydrogens (tertiary/aromatic N) is 2. The van der Waals surface area contributed by atoms with E-state index < -0.39 is 5.91 Å². The van der Waals surface area contributed by atoms with E-state index in [9.17, 15) is 9.18 Å². The molecule has 1 heterocycles. The van der Waals surface area contributed by atoms with E-state index >= 15 is 0 Å². The number of halogens is 2. The molecule has 1 aromatic carbocycles. The summed E-state index contributed by atoms with van der Waals surface area (Å²) in [5.41, 5.74) is 13.4. The number of aryl methyl sites for hydroxylation is 1. The van der Waals surface area contributed by atoms with Crippen molar-refractivity contribution < 1.29 is 9.18 Å². The van der Waals surface area contributed by atoms with Gasteiger partial charge in [-0.1, -0.05) is 23.7 Å². The molecule has 124 valence electrons. The molecule has 4 N–H and O–H groups in total. The van der Waals surface area contributed by atoms with Crippen molar-refractivity contribution in [3.63, 3.8) is 0 Å². The minimum absolute atomic E-state index is 0.0824. The Morgan fingerprint density at radius 2 is 2.08 bits per heavy atom. The maximum absolute atomic E-state index is 13.8. The van der Waals surface area contributed by atoms with Crippen LogP contribution in [0.2, 0.25) is 5.15 Å². The van der Waals surface area contributed by atoms with Gasteiger partial charge in [-0.2, -0.15) is 0 Å². The van der Waals surface area contributed by atoms with Crippen LogP contribution < -0.4 is 11.5 Å². The van der Waals surface area contributed by atoms with Gasteiger partial charge in [-0.05, 0) is 54.0 Å². The molecule has 1 fully saturated rings. The van der Waals surface area contributed by atoms with Gasteiger partial charge in [0.15, 0.2) is 5.15 Å². The number of amides is 1. The van der Waals surface area contributed by atoms with Crippen LogP contribution in [0.5, 0.6) is 0 Å². The second kappa shape index (κ2) is 6.20. The molecular formula is C17H16ClFN4O. The largest absolute Gasteiger partial charge is 0.404 e. The van der Waals surface area contributed by atoms with E-state index in [1.807, 2.05) is 6.07 Å². The fourth-order valence-corrected chi connectivity index (χ4v) is 3.06. The lowest BCUT2D eigenvalue weighted by Gasteiger charge is -2.07. The Morgan fingerprint density at radius 3 is 2.71 bits per heavy atom. The molecule has 0 saturated heterocycles. The molecule has 2 unspecified atom stereocenters. The zero-order chi connectivity index (χ0) is 17.4. The molecule has 1 amide bonds. The fraction of sp³-hybridized carbons (Fsp3) is 0.235. The number of primary amides is 1. The summed E-state index contributed by atoms with van der Waals surface area (Å²) >= 11 is 6.15. The first-order chi connectivity index (χ1) is 11.4. The first kappa shape index (κ1) is 16.4. The molecule has 0 spiro atoms. The quantitative estimate of drug-likeness (QED) is 0.832. The molecule has 24 heavy (non-hydrogen) atoms. The third-order valence-corrected chi connectivity index (χ3v) is 4.59. The van der Waals surface area contributed by atoms with E-state index in [1.54, 1.807) is 25.1 Å². The van der Waals surface area contributed by atoms with Crippen LogP contribution in [0.25, 0.3) is 5.57 Å². The Labute approximate surface area is 143 Å². The molecule has 1 aromatic heterocycles. The number of carbonyl (C=O) groups is 1. The third kappa shape index (κ3) is 2.97. The molecule has 2 atom stereocenters. The third-order valence-electron chi connectivity index (χ3n) is 4.30. The van der Waals surface area contributed by atoms with Crippen molar-refractivity contribution in [3.8, 4) is 0 Å². The van der Waals surface area contributed by atoms with Crippen LogP contribution in [-0.2, 0) is 4.79 Å². The van der Waals surface area contributed by atoms with Gasteiger partial charge in [0.05, 0.1) is 5.57 Å². The van der Waals surface area contributed by atoms with Crippen molar-refractivity contribution in [2.75, 3.05) is 0 Å². The monoisotopic (exact) mass is 346 g/mol. The van der Waals surface area contributed by atoms with E-state index in [0.717, 1.165) is 23.7 Å². The average molecular weight is 347 g/mol. The summed E-state index contributed by atoms with van der Waals surface area (Å²) in [4.78, 5) is 11.4. The first-order valence-electron chi connectivity index (χ1n) is 7.43. The van der Waals surface area contributed by atoms with Gasteiger partial charge in [0, 0.05) is 6.20 Å². The van der Waals surface area contributed by atoms with Gasteiger partial charge < -0.3 is 11.5 Å². The number of carbonyl (C=O) groups excluding carboxylic acids is 1. The number of aromatic nitrogens is 2. The van der Waals surface area contributed by atoms with Gasteiger partial charge in [0.25, 0.3) is 5.91 Å². The van der Waals surface area contributed by atoms with E-state index in [2.05, 4.69) is 10.2 Å². The maximum Gasteiger partial charge on any atom is 0.252 e. The highest BCUT2D eigenvalue weighted by molar-refractivity contribution is 6.30. The molecule has 0 aliphatic heterocycles. The van der Waals surface area contributed by atoms with Crippen molar-refractivity contribution in [3.05, 3.63) is 63.8 Å². The lowest BCUT2D eigenvalue weighted by Crippen LogP contribution is -2.15. The van der Waals surface area contributed by atoms with Gasteiger partial charge in [-0.15, -0.1) is 10.2 Å². The zero-order valence-corrected chi connectivity index (χ0v) is 13.7. The van der Waals surface area contributed by atoms with Gasteiger partial charge in [-0.3, -0.25) is 4.79 Å². The Morgan fingerprint density at radius 1 is 1.33 bits per heavy atom. The predicted molar refractivity (Wildman–Crippen MR) is 89.6 cm³/mol. The number of hydrogen-bond acceptors (Lipinski definition) is 4. The predicted octanol–water partition coefficient (Wildman–Crippen LogP) is 2.63. The molecule has 7 heteroatoms. The van der Waals surface area contributed by atoms with Crippen molar-refractivity contribution >= 4 is 23.1 Å². The Balaban J connectivity index is 1.91. The topological polar surface area (TPSA) is 94.9 Å². The van der Waals surface area contributed by atoms with Crippen molar-refractivity contribution in [1.82, 2.24) is 10.2 Å². The van der Waals surface area contributed by atoms with Gasteiger partial charge in [0.2, 0.25) is 0 Å². The molecule has 1 aliphatic rings. The van der Waals surface area contributed by atoms with Crippen LogP contribution in [0, 0.1) is 12.7 Å². The van der Waals surface area contributed by atoms with Crippen LogP contribution in [-0.4, -0.2) is 16.1 Å². The van der Waals surface area contributed by atoms with E-state index in [0.29, 0.717) is 5.56 Å². The molecule has 3 rings (SSSR count). The summed E-state index contributed by atoms with van der Waals surface area (Å²) in [5.74, 6) is -0.651. The second-order valence-electron chi connectivity index (χ2n) is 5.88. The molecule has 0 bridgehead atoms. The van der Waals surface area contributed by atoms with Crippen molar-refractivity contribution in [2.45, 2.75) is 25.2 Å². The van der Waals surface area contributed by atoms with E-state index in [1.165, 1.54) is 0 Å². The molecule has 1 aliphatic carbocycles. The summed E-state index contributed by atoms with van der Waals surface area (Å²) < 4.78 is 13.8. The minimum Gasteiger partial charge on any atom is -0.404 e. The Bertz CT molecular complexity index is 852. The Kier molecular flexibility index (Phi) is 4.24. The van der Waals surface area contributed by atoms with Gasteiger partial charge in [0.1, 0.15) is 11.5 Å². The van der Waals surface area contributed by atoms with Crippen LogP contribution in [0.4, 0.5) is 4.39 Å². The summed E-state index contributed by atoms with van der Waals surface area (Å²) in [6.45, 7) is 1.73. The van der Waals surface area contributed by atoms with E-state index in [-0.39, 0.29) is 34.1 Å². The second-order valence-corrected chi connectivity index (χ2v) is 6.24. The standard InChI is InChI=1S/C17H16ClFN4O/c1-8-2-3-9(4-14(8)19)10-5-11(10)12-6-15(22-23-16(12)18)13(7-20)17(21)24/h2-4,6-7,10-11H,5,20H2,1H3,(H2,21,24)/b13-7-. The average Bonchev–Trinajstić information content (AvgIpc) is 3.32. The zero-order valence-electron chi connectivity index (χ0n) is 13.0. The lowest BCUT2D eigenvalue weighted by molar-refractivity contribution is -0.112. The SMILES string of the molecule is Cc1ccc(C2CC2c2cc(/C(=C/N)C(N)=O)nnc2Cl)cc1F. The number of nitrogens with two attached hydrogens (primary N) is 2. The van der Waals surface area contributed by atoms with Crippen LogP contribution in [0.3, 0.4) is 0 Å². The normalized spacial score (nSPS) is 20.0. The van der Waals surface area contributed by atoms with Crippen molar-refractivity contribution in [1.29, 1.82) is 0 Å². The Hall–Kier alpha value is -2.47. The first-order valence-corrected chi connectivity index (χ1v) is 7.81.